The average molecular weight is 416 g/mol. The van der Waals surface area contributed by atoms with Gasteiger partial charge in [0.15, 0.2) is 5.82 Å². The molecule has 0 amide bonds. The van der Waals surface area contributed by atoms with Crippen LogP contribution in [0.15, 0.2) is 51.5 Å². The van der Waals surface area contributed by atoms with Crippen molar-refractivity contribution >= 4 is 31.8 Å². The highest BCUT2D eigenvalue weighted by Gasteiger charge is 2.39. The van der Waals surface area contributed by atoms with Crippen molar-refractivity contribution in [3.8, 4) is 5.75 Å². The molecule has 126 valence electrons. The molecule has 0 unspecified atom stereocenters. The van der Waals surface area contributed by atoms with Crippen LogP contribution < -0.4 is 9.04 Å². The molecule has 0 bridgehead atoms. The summed E-state index contributed by atoms with van der Waals surface area (Å²) in [4.78, 5) is -0.0300. The van der Waals surface area contributed by atoms with E-state index < -0.39 is 22.7 Å². The van der Waals surface area contributed by atoms with Crippen LogP contribution in [0.3, 0.4) is 0 Å². The summed E-state index contributed by atoms with van der Waals surface area (Å²) in [6.07, 6.45) is 0. The van der Waals surface area contributed by atoms with E-state index in [1.807, 2.05) is 30.3 Å². The van der Waals surface area contributed by atoms with E-state index in [4.69, 9.17) is 4.74 Å². The number of nitrogens with zero attached hydrogens (tertiary/aromatic N) is 3. The third-order valence-corrected chi connectivity index (χ3v) is 4.90. The number of halogens is 2. The summed E-state index contributed by atoms with van der Waals surface area (Å²) in [6, 6.07) is 11.6. The van der Waals surface area contributed by atoms with Crippen molar-refractivity contribution in [1.29, 1.82) is 0 Å². The van der Waals surface area contributed by atoms with Crippen molar-refractivity contribution in [2.45, 2.75) is 6.61 Å². The minimum Gasteiger partial charge on any atom is -0.597 e. The molecule has 0 aromatic heterocycles. The first kappa shape index (κ1) is 16.7. The summed E-state index contributed by atoms with van der Waals surface area (Å²) in [7, 11) is -4.29. The highest BCUT2D eigenvalue weighted by Crippen LogP contribution is 2.38. The summed E-state index contributed by atoms with van der Waals surface area (Å²) in [5.41, 5.74) is 0.472. The third kappa shape index (κ3) is 3.34. The van der Waals surface area contributed by atoms with E-state index in [2.05, 4.69) is 20.4 Å². The smallest absolute Gasteiger partial charge is 0.403 e. The van der Waals surface area contributed by atoms with Gasteiger partial charge in [-0.3, -0.25) is 0 Å². The molecule has 0 radical (unpaired) electrons. The molecule has 3 rings (SSSR count). The molecule has 1 aliphatic rings. The van der Waals surface area contributed by atoms with Gasteiger partial charge in [-0.05, 0) is 17.7 Å². The monoisotopic (exact) mass is 415 g/mol. The van der Waals surface area contributed by atoms with Gasteiger partial charge in [-0.15, -0.1) is 0 Å². The summed E-state index contributed by atoms with van der Waals surface area (Å²) in [6.45, 7) is -0.529. The zero-order chi connectivity index (χ0) is 17.3. The first-order valence-corrected chi connectivity index (χ1v) is 8.92. The first-order chi connectivity index (χ1) is 11.4. The molecular formula is C14H11BrFN3O4S. The maximum absolute atomic E-state index is 14.4. The summed E-state index contributed by atoms with van der Waals surface area (Å²) in [5, 5.41) is 11.3. The molecule has 0 saturated heterocycles. The van der Waals surface area contributed by atoms with Crippen molar-refractivity contribution in [1.82, 2.24) is 0 Å². The molecule has 24 heavy (non-hydrogen) atoms. The summed E-state index contributed by atoms with van der Waals surface area (Å²) < 4.78 is 47.7. The van der Waals surface area contributed by atoms with Crippen molar-refractivity contribution < 1.29 is 22.4 Å². The molecule has 0 atom stereocenters. The minimum atomic E-state index is -4.29. The van der Waals surface area contributed by atoms with E-state index in [0.717, 1.165) is 11.6 Å². The standard InChI is InChI=1S/C14H11BrFN3O4S/c15-11-6-12(16)14(18-9-19(20)17-24(18,21)22)13(7-11)23-8-10-4-2-1-3-5-10/h1-7H,8-9H2. The molecule has 0 aliphatic carbocycles. The van der Waals surface area contributed by atoms with Crippen LogP contribution in [0, 0.1) is 11.0 Å². The van der Waals surface area contributed by atoms with Gasteiger partial charge in [0.05, 0.1) is 0 Å². The molecule has 1 aliphatic heterocycles. The Kier molecular flexibility index (Phi) is 4.41. The highest BCUT2D eigenvalue weighted by atomic mass is 79.9. The van der Waals surface area contributed by atoms with Gasteiger partial charge in [0.2, 0.25) is 0 Å². The van der Waals surface area contributed by atoms with Gasteiger partial charge in [-0.25, -0.2) is 4.39 Å². The van der Waals surface area contributed by atoms with E-state index >= 15 is 0 Å². The van der Waals surface area contributed by atoms with Gasteiger partial charge in [0.25, 0.3) is 6.67 Å². The van der Waals surface area contributed by atoms with E-state index in [1.54, 1.807) is 0 Å². The van der Waals surface area contributed by atoms with Crippen LogP contribution in [0.2, 0.25) is 0 Å². The number of benzene rings is 2. The Morgan fingerprint density at radius 2 is 2.04 bits per heavy atom. The Labute approximate surface area is 145 Å². The Morgan fingerprint density at radius 3 is 2.67 bits per heavy atom. The Balaban J connectivity index is 1.97. The van der Waals surface area contributed by atoms with Gasteiger partial charge >= 0.3 is 10.2 Å². The van der Waals surface area contributed by atoms with Crippen LogP contribution in [-0.4, -0.2) is 19.9 Å². The number of anilines is 1. The molecule has 0 fully saturated rings. The van der Waals surface area contributed by atoms with Crippen LogP contribution >= 0.6 is 15.9 Å². The quantitative estimate of drug-likeness (QED) is 0.566. The molecule has 0 spiro atoms. The van der Waals surface area contributed by atoms with E-state index in [0.29, 0.717) is 8.78 Å². The summed E-state index contributed by atoms with van der Waals surface area (Å²) >= 11 is 3.14. The Bertz CT molecular complexity index is 906. The van der Waals surface area contributed by atoms with Crippen molar-refractivity contribution in [2.75, 3.05) is 11.0 Å². The lowest BCUT2D eigenvalue weighted by Gasteiger charge is -2.18. The van der Waals surface area contributed by atoms with E-state index in [9.17, 15) is 18.0 Å². The van der Waals surface area contributed by atoms with Crippen LogP contribution in [0.25, 0.3) is 0 Å². The maximum atomic E-state index is 14.4. The van der Waals surface area contributed by atoms with Crippen LogP contribution in [0.5, 0.6) is 5.75 Å². The van der Waals surface area contributed by atoms with Gasteiger partial charge in [-0.2, -0.15) is 12.7 Å². The predicted molar refractivity (Wildman–Crippen MR) is 87.2 cm³/mol. The second kappa shape index (κ2) is 6.36. The third-order valence-electron chi connectivity index (χ3n) is 3.20. The fourth-order valence-electron chi connectivity index (χ4n) is 2.18. The maximum Gasteiger partial charge on any atom is 0.403 e. The van der Waals surface area contributed by atoms with Crippen LogP contribution in [-0.2, 0) is 16.8 Å². The topological polar surface area (TPSA) is 85.0 Å². The summed E-state index contributed by atoms with van der Waals surface area (Å²) in [5.74, 6) is -0.860. The molecule has 0 N–H and O–H groups in total. The lowest BCUT2D eigenvalue weighted by molar-refractivity contribution is -0.510. The van der Waals surface area contributed by atoms with Gasteiger partial charge in [0, 0.05) is 4.47 Å². The van der Waals surface area contributed by atoms with Crippen molar-refractivity contribution in [3.05, 3.63) is 63.5 Å². The number of hydrogen-bond acceptors (Lipinski definition) is 4. The second-order valence-corrected chi connectivity index (χ2v) is 7.33. The minimum absolute atomic E-state index is 0.0141. The fraction of sp³-hybridized carbons (Fsp3) is 0.143. The van der Waals surface area contributed by atoms with E-state index in [-0.39, 0.29) is 22.9 Å². The number of rotatable bonds is 4. The molecule has 1 heterocycles. The number of ether oxygens (including phenoxy) is 1. The first-order valence-electron chi connectivity index (χ1n) is 6.73. The van der Waals surface area contributed by atoms with Crippen LogP contribution in [0.1, 0.15) is 5.56 Å². The molecule has 10 heteroatoms. The zero-order valence-electron chi connectivity index (χ0n) is 12.1. The van der Waals surface area contributed by atoms with Gasteiger partial charge < -0.3 is 9.94 Å². The van der Waals surface area contributed by atoms with E-state index in [1.165, 1.54) is 6.07 Å². The zero-order valence-corrected chi connectivity index (χ0v) is 14.5. The average Bonchev–Trinajstić information content (AvgIpc) is 2.78. The van der Waals surface area contributed by atoms with Crippen LogP contribution in [0.4, 0.5) is 10.1 Å². The van der Waals surface area contributed by atoms with Crippen molar-refractivity contribution in [2.24, 2.45) is 4.52 Å². The predicted octanol–water partition coefficient (Wildman–Crippen LogP) is 3.15. The molecular weight excluding hydrogens is 405 g/mol. The largest absolute Gasteiger partial charge is 0.597 e. The second-order valence-electron chi connectivity index (χ2n) is 4.91. The molecule has 2 aromatic rings. The van der Waals surface area contributed by atoms with Crippen molar-refractivity contribution in [3.63, 3.8) is 0 Å². The highest BCUT2D eigenvalue weighted by molar-refractivity contribution is 9.10. The number of hydroxylamine groups is 1. The van der Waals surface area contributed by atoms with Gasteiger partial charge in [-0.1, -0.05) is 51.1 Å². The lowest BCUT2D eigenvalue weighted by Crippen LogP contribution is -2.28. The number of hydrogen-bond donors (Lipinski definition) is 0. The lowest BCUT2D eigenvalue weighted by atomic mass is 10.2. The SMILES string of the molecule is O=S1(=O)N=[N+]([O-])CN1c1c(F)cc(Br)cc1OCc1ccccc1. The fourth-order valence-corrected chi connectivity index (χ4v) is 3.62. The molecule has 2 aromatic carbocycles. The molecule has 7 nitrogen and oxygen atoms in total. The Hall–Kier alpha value is -2.20. The molecule has 0 saturated carbocycles. The Morgan fingerprint density at radius 1 is 1.33 bits per heavy atom. The van der Waals surface area contributed by atoms with Gasteiger partial charge in [0.1, 0.15) is 22.6 Å². The normalized spacial score (nSPS) is 16.1.